The van der Waals surface area contributed by atoms with E-state index in [9.17, 15) is 17.2 Å². The van der Waals surface area contributed by atoms with Crippen molar-refractivity contribution in [2.75, 3.05) is 11.5 Å². The second-order valence-electron chi connectivity index (χ2n) is 5.35. The summed E-state index contributed by atoms with van der Waals surface area (Å²) in [5.74, 6) is 3.33. The van der Waals surface area contributed by atoms with Gasteiger partial charge in [0.2, 0.25) is 5.92 Å². The van der Waals surface area contributed by atoms with Gasteiger partial charge in [0.05, 0.1) is 5.75 Å². The van der Waals surface area contributed by atoms with E-state index in [0.29, 0.717) is 25.7 Å². The normalized spacial score (nSPS) is 22.3. The summed E-state index contributed by atoms with van der Waals surface area (Å²) in [5, 5.41) is 0. The number of sulfone groups is 1. The van der Waals surface area contributed by atoms with Crippen molar-refractivity contribution in [3.8, 4) is 0 Å². The Balaban J connectivity index is 2.38. The van der Waals surface area contributed by atoms with Crippen LogP contribution in [0.25, 0.3) is 0 Å². The van der Waals surface area contributed by atoms with E-state index in [-0.39, 0.29) is 36.3 Å². The molecule has 0 aromatic rings. The molecule has 1 rings (SSSR count). The predicted octanol–water partition coefficient (Wildman–Crippen LogP) is 1.86. The summed E-state index contributed by atoms with van der Waals surface area (Å²) >= 11 is 0. The standard InChI is InChI=1S/C12H24F2N2O2S/c1-2-19(17,18)9-3-4-11(16-15)10-5-7-12(13,14)8-6-10/h10-11,16H,2-9,15H2,1H3. The van der Waals surface area contributed by atoms with Crippen LogP contribution in [-0.4, -0.2) is 31.9 Å². The molecular formula is C12H24F2N2O2S. The molecule has 0 heterocycles. The average molecular weight is 298 g/mol. The van der Waals surface area contributed by atoms with E-state index in [1.54, 1.807) is 6.92 Å². The maximum atomic E-state index is 13.1. The summed E-state index contributed by atoms with van der Waals surface area (Å²) in [7, 11) is -2.96. The number of nitrogens with one attached hydrogen (secondary N) is 1. The fourth-order valence-electron chi connectivity index (χ4n) is 2.59. The molecule has 4 nitrogen and oxygen atoms in total. The van der Waals surface area contributed by atoms with E-state index < -0.39 is 15.8 Å². The third kappa shape index (κ3) is 5.71. The number of alkyl halides is 2. The number of hydrogen-bond acceptors (Lipinski definition) is 4. The summed E-state index contributed by atoms with van der Waals surface area (Å²) in [4.78, 5) is 0. The first-order valence-electron chi connectivity index (χ1n) is 6.84. The van der Waals surface area contributed by atoms with Gasteiger partial charge in [0.1, 0.15) is 9.84 Å². The summed E-state index contributed by atoms with van der Waals surface area (Å²) in [5.41, 5.74) is 2.66. The zero-order valence-corrected chi connectivity index (χ0v) is 12.2. The lowest BCUT2D eigenvalue weighted by Gasteiger charge is -2.33. The second-order valence-corrected chi connectivity index (χ2v) is 7.82. The maximum absolute atomic E-state index is 13.1. The Morgan fingerprint density at radius 3 is 2.42 bits per heavy atom. The molecule has 1 fully saturated rings. The van der Waals surface area contributed by atoms with Crippen molar-refractivity contribution in [1.82, 2.24) is 5.43 Å². The van der Waals surface area contributed by atoms with Gasteiger partial charge in [0, 0.05) is 24.6 Å². The molecule has 0 aliphatic heterocycles. The van der Waals surface area contributed by atoms with Crippen molar-refractivity contribution in [2.24, 2.45) is 11.8 Å². The summed E-state index contributed by atoms with van der Waals surface area (Å²) in [6.07, 6.45) is 1.85. The molecular weight excluding hydrogens is 274 g/mol. The second kappa shape index (κ2) is 6.95. The third-order valence-electron chi connectivity index (χ3n) is 3.96. The molecule has 1 saturated carbocycles. The molecule has 114 valence electrons. The lowest BCUT2D eigenvalue weighted by molar-refractivity contribution is -0.0498. The van der Waals surface area contributed by atoms with E-state index in [2.05, 4.69) is 5.43 Å². The number of nitrogens with two attached hydrogens (primary N) is 1. The average Bonchev–Trinajstić information content (AvgIpc) is 2.35. The highest BCUT2D eigenvalue weighted by atomic mass is 32.2. The van der Waals surface area contributed by atoms with Gasteiger partial charge in [-0.25, -0.2) is 17.2 Å². The van der Waals surface area contributed by atoms with Gasteiger partial charge in [0.25, 0.3) is 0 Å². The van der Waals surface area contributed by atoms with Crippen LogP contribution in [0.4, 0.5) is 8.78 Å². The zero-order chi connectivity index (χ0) is 14.5. The SMILES string of the molecule is CCS(=O)(=O)CCCC(NN)C1CCC(F)(F)CC1. The molecule has 1 aliphatic carbocycles. The molecule has 1 atom stereocenters. The molecule has 0 saturated heterocycles. The van der Waals surface area contributed by atoms with Crippen LogP contribution in [0.3, 0.4) is 0 Å². The van der Waals surface area contributed by atoms with Gasteiger partial charge >= 0.3 is 0 Å². The number of rotatable bonds is 7. The lowest BCUT2D eigenvalue weighted by atomic mass is 9.81. The van der Waals surface area contributed by atoms with Crippen molar-refractivity contribution in [1.29, 1.82) is 0 Å². The molecule has 1 unspecified atom stereocenters. The van der Waals surface area contributed by atoms with E-state index in [4.69, 9.17) is 5.84 Å². The predicted molar refractivity (Wildman–Crippen MR) is 71.6 cm³/mol. The first-order valence-corrected chi connectivity index (χ1v) is 8.66. The summed E-state index contributed by atoms with van der Waals surface area (Å²) in [6, 6.07) is -0.0665. The van der Waals surface area contributed by atoms with Crippen molar-refractivity contribution in [3.05, 3.63) is 0 Å². The highest BCUT2D eigenvalue weighted by Crippen LogP contribution is 2.38. The number of hydrogen-bond donors (Lipinski definition) is 2. The van der Waals surface area contributed by atoms with Crippen molar-refractivity contribution in [2.45, 2.75) is 57.4 Å². The van der Waals surface area contributed by atoms with Crippen molar-refractivity contribution < 1.29 is 17.2 Å². The highest BCUT2D eigenvalue weighted by molar-refractivity contribution is 7.91. The fraction of sp³-hybridized carbons (Fsp3) is 1.00. The molecule has 19 heavy (non-hydrogen) atoms. The Labute approximate surface area is 114 Å². The highest BCUT2D eigenvalue weighted by Gasteiger charge is 2.37. The number of hydrazine groups is 1. The lowest BCUT2D eigenvalue weighted by Crippen LogP contribution is -2.43. The van der Waals surface area contributed by atoms with Gasteiger partial charge in [-0.3, -0.25) is 11.3 Å². The topological polar surface area (TPSA) is 72.2 Å². The molecule has 3 N–H and O–H groups in total. The first-order chi connectivity index (χ1) is 8.79. The summed E-state index contributed by atoms with van der Waals surface area (Å²) < 4.78 is 48.9. The van der Waals surface area contributed by atoms with E-state index >= 15 is 0 Å². The molecule has 0 amide bonds. The van der Waals surface area contributed by atoms with Gasteiger partial charge < -0.3 is 0 Å². The van der Waals surface area contributed by atoms with Crippen LogP contribution >= 0.6 is 0 Å². The van der Waals surface area contributed by atoms with Crippen LogP contribution in [0.15, 0.2) is 0 Å². The van der Waals surface area contributed by atoms with Crippen molar-refractivity contribution in [3.63, 3.8) is 0 Å². The van der Waals surface area contributed by atoms with Crippen LogP contribution in [0.1, 0.15) is 45.4 Å². The molecule has 1 aliphatic rings. The van der Waals surface area contributed by atoms with Crippen LogP contribution in [0.5, 0.6) is 0 Å². The van der Waals surface area contributed by atoms with Gasteiger partial charge in [-0.1, -0.05) is 6.92 Å². The van der Waals surface area contributed by atoms with E-state index in [0.717, 1.165) is 0 Å². The Morgan fingerprint density at radius 1 is 1.37 bits per heavy atom. The van der Waals surface area contributed by atoms with E-state index in [1.807, 2.05) is 0 Å². The van der Waals surface area contributed by atoms with Gasteiger partial charge in [0.15, 0.2) is 0 Å². The third-order valence-corrected chi connectivity index (χ3v) is 5.75. The fourth-order valence-corrected chi connectivity index (χ4v) is 3.48. The van der Waals surface area contributed by atoms with Crippen LogP contribution in [-0.2, 0) is 9.84 Å². The van der Waals surface area contributed by atoms with Crippen molar-refractivity contribution >= 4 is 9.84 Å². The minimum absolute atomic E-state index is 0.0665. The minimum Gasteiger partial charge on any atom is -0.271 e. The zero-order valence-electron chi connectivity index (χ0n) is 11.4. The Kier molecular flexibility index (Phi) is 6.14. The number of halogens is 2. The molecule has 7 heteroatoms. The largest absolute Gasteiger partial charge is 0.271 e. The minimum atomic E-state index is -2.96. The molecule has 0 aromatic heterocycles. The van der Waals surface area contributed by atoms with Crippen LogP contribution < -0.4 is 11.3 Å². The Morgan fingerprint density at radius 2 is 1.95 bits per heavy atom. The Hall–Kier alpha value is -0.270. The quantitative estimate of drug-likeness (QED) is 0.556. The van der Waals surface area contributed by atoms with Crippen LogP contribution in [0.2, 0.25) is 0 Å². The smallest absolute Gasteiger partial charge is 0.248 e. The molecule has 0 bridgehead atoms. The van der Waals surface area contributed by atoms with Gasteiger partial charge in [-0.2, -0.15) is 0 Å². The van der Waals surface area contributed by atoms with Gasteiger partial charge in [-0.15, -0.1) is 0 Å². The molecule has 0 spiro atoms. The first kappa shape index (κ1) is 16.8. The monoisotopic (exact) mass is 298 g/mol. The van der Waals surface area contributed by atoms with Gasteiger partial charge in [-0.05, 0) is 31.6 Å². The molecule has 0 radical (unpaired) electrons. The van der Waals surface area contributed by atoms with E-state index in [1.165, 1.54) is 0 Å². The molecule has 0 aromatic carbocycles. The van der Waals surface area contributed by atoms with Crippen LogP contribution in [0, 0.1) is 5.92 Å². The maximum Gasteiger partial charge on any atom is 0.248 e. The summed E-state index contributed by atoms with van der Waals surface area (Å²) in [6.45, 7) is 1.62. The Bertz CT molecular complexity index is 364.